The van der Waals surface area contributed by atoms with E-state index in [-0.39, 0.29) is 5.79 Å². The predicted molar refractivity (Wildman–Crippen MR) is 60.6 cm³/mol. The van der Waals surface area contributed by atoms with Gasteiger partial charge in [0, 0.05) is 0 Å². The Morgan fingerprint density at radius 1 is 1.07 bits per heavy atom. The molecule has 2 nitrogen and oxygen atoms in total. The van der Waals surface area contributed by atoms with Crippen molar-refractivity contribution in [3.05, 3.63) is 0 Å². The molecule has 2 fully saturated rings. The molecule has 1 saturated carbocycles. The second kappa shape index (κ2) is 4.06. The molecule has 2 aliphatic rings. The van der Waals surface area contributed by atoms with Gasteiger partial charge in [-0.2, -0.15) is 0 Å². The zero-order chi connectivity index (χ0) is 11.1. The van der Waals surface area contributed by atoms with Crippen LogP contribution in [0.25, 0.3) is 0 Å². The maximum atomic E-state index is 6.19. The summed E-state index contributed by atoms with van der Waals surface area (Å²) in [5.74, 6) is 1.17. The van der Waals surface area contributed by atoms with E-state index in [2.05, 4.69) is 27.7 Å². The summed E-state index contributed by atoms with van der Waals surface area (Å²) in [6, 6.07) is 0. The third kappa shape index (κ3) is 1.94. The fourth-order valence-corrected chi connectivity index (χ4v) is 3.20. The van der Waals surface area contributed by atoms with Crippen molar-refractivity contribution in [1.82, 2.24) is 0 Å². The fraction of sp³-hybridized carbons (Fsp3) is 1.00. The molecule has 88 valence electrons. The van der Waals surface area contributed by atoms with Crippen LogP contribution < -0.4 is 0 Å². The minimum atomic E-state index is -0.270. The molecule has 15 heavy (non-hydrogen) atoms. The van der Waals surface area contributed by atoms with Crippen molar-refractivity contribution < 1.29 is 9.47 Å². The molecule has 0 spiro atoms. The number of rotatable bonds is 2. The first-order valence-corrected chi connectivity index (χ1v) is 6.46. The van der Waals surface area contributed by atoms with Gasteiger partial charge in [-0.05, 0) is 37.5 Å². The number of hydrogen-bond donors (Lipinski definition) is 0. The molecule has 1 aliphatic heterocycles. The summed E-state index contributed by atoms with van der Waals surface area (Å²) in [6.45, 7) is 8.95. The van der Waals surface area contributed by atoms with Crippen LogP contribution in [0.1, 0.15) is 53.4 Å². The van der Waals surface area contributed by atoms with E-state index in [1.54, 1.807) is 0 Å². The van der Waals surface area contributed by atoms with Gasteiger partial charge in [0.25, 0.3) is 0 Å². The number of fused-ring (bicyclic) bond motifs is 1. The summed E-state index contributed by atoms with van der Waals surface area (Å²) in [5, 5.41) is 0. The van der Waals surface area contributed by atoms with Gasteiger partial charge in [-0.3, -0.25) is 0 Å². The van der Waals surface area contributed by atoms with Crippen LogP contribution in [0, 0.1) is 11.8 Å². The summed E-state index contributed by atoms with van der Waals surface area (Å²) in [4.78, 5) is 0. The van der Waals surface area contributed by atoms with Crippen LogP contribution in [0.3, 0.4) is 0 Å². The van der Waals surface area contributed by atoms with Gasteiger partial charge in [0.15, 0.2) is 5.79 Å². The lowest BCUT2D eigenvalue weighted by atomic mass is 9.80. The van der Waals surface area contributed by atoms with Gasteiger partial charge < -0.3 is 9.47 Å². The van der Waals surface area contributed by atoms with Gasteiger partial charge >= 0.3 is 0 Å². The minimum absolute atomic E-state index is 0.270. The maximum Gasteiger partial charge on any atom is 0.168 e. The molecule has 1 heterocycles. The van der Waals surface area contributed by atoms with Crippen molar-refractivity contribution in [3.8, 4) is 0 Å². The normalized spacial score (nSPS) is 44.0. The van der Waals surface area contributed by atoms with Crippen LogP contribution in [0.2, 0.25) is 0 Å². The SMILES string of the molecule is CCC1(CC)O[C@H]2[C@H](C)CC(C)C[C@H]2O1. The zero-order valence-corrected chi connectivity index (χ0v) is 10.5. The van der Waals surface area contributed by atoms with E-state index in [4.69, 9.17) is 9.47 Å². The molecule has 0 amide bonds. The average Bonchev–Trinajstić information content (AvgIpc) is 2.58. The van der Waals surface area contributed by atoms with E-state index in [0.29, 0.717) is 18.1 Å². The van der Waals surface area contributed by atoms with Crippen molar-refractivity contribution in [3.63, 3.8) is 0 Å². The molecule has 1 aliphatic carbocycles. The largest absolute Gasteiger partial charge is 0.344 e. The number of ether oxygens (including phenoxy) is 2. The first kappa shape index (κ1) is 11.4. The lowest BCUT2D eigenvalue weighted by molar-refractivity contribution is -0.181. The Kier molecular flexibility index (Phi) is 3.09. The van der Waals surface area contributed by atoms with E-state index in [1.165, 1.54) is 12.8 Å². The van der Waals surface area contributed by atoms with E-state index >= 15 is 0 Å². The highest BCUT2D eigenvalue weighted by atomic mass is 16.8. The molecule has 1 saturated heterocycles. The molecular formula is C13H24O2. The van der Waals surface area contributed by atoms with Crippen LogP contribution in [-0.4, -0.2) is 18.0 Å². The zero-order valence-electron chi connectivity index (χ0n) is 10.5. The molecule has 0 aromatic rings. The predicted octanol–water partition coefficient (Wildman–Crippen LogP) is 3.35. The summed E-state index contributed by atoms with van der Waals surface area (Å²) in [7, 11) is 0. The van der Waals surface area contributed by atoms with Gasteiger partial charge in [0.05, 0.1) is 12.2 Å². The summed E-state index contributed by atoms with van der Waals surface area (Å²) in [5.41, 5.74) is 0. The third-order valence-electron chi connectivity index (χ3n) is 4.13. The molecule has 0 N–H and O–H groups in total. The van der Waals surface area contributed by atoms with Gasteiger partial charge in [0.2, 0.25) is 0 Å². The lowest BCUT2D eigenvalue weighted by Crippen LogP contribution is -2.36. The highest BCUT2D eigenvalue weighted by Crippen LogP contribution is 2.44. The Bertz CT molecular complexity index is 223. The average molecular weight is 212 g/mol. The quantitative estimate of drug-likeness (QED) is 0.699. The summed E-state index contributed by atoms with van der Waals surface area (Å²) in [6.07, 6.45) is 5.10. The Labute approximate surface area is 93.3 Å². The molecule has 4 atom stereocenters. The Morgan fingerprint density at radius 2 is 1.73 bits per heavy atom. The summed E-state index contributed by atoms with van der Waals surface area (Å²) < 4.78 is 12.4. The number of hydrogen-bond acceptors (Lipinski definition) is 2. The molecule has 0 bridgehead atoms. The molecule has 2 heteroatoms. The van der Waals surface area contributed by atoms with Crippen LogP contribution in [0.4, 0.5) is 0 Å². The fourth-order valence-electron chi connectivity index (χ4n) is 3.20. The van der Waals surface area contributed by atoms with E-state index < -0.39 is 0 Å². The first-order chi connectivity index (χ1) is 7.10. The molecule has 1 unspecified atom stereocenters. The van der Waals surface area contributed by atoms with E-state index in [9.17, 15) is 0 Å². The molecule has 2 rings (SSSR count). The standard InChI is InChI=1S/C13H24O2/c1-5-13(6-2)14-11-8-9(3)7-10(4)12(11)15-13/h9-12H,5-8H2,1-4H3/t9?,10-,11-,12+/m1/s1. The third-order valence-corrected chi connectivity index (χ3v) is 4.13. The van der Waals surface area contributed by atoms with Gasteiger partial charge in [-0.15, -0.1) is 0 Å². The second-order valence-corrected chi connectivity index (χ2v) is 5.41. The van der Waals surface area contributed by atoms with Crippen LogP contribution in [-0.2, 0) is 9.47 Å². The molecular weight excluding hydrogens is 188 g/mol. The second-order valence-electron chi connectivity index (χ2n) is 5.41. The van der Waals surface area contributed by atoms with Crippen LogP contribution >= 0.6 is 0 Å². The lowest BCUT2D eigenvalue weighted by Gasteiger charge is -2.32. The van der Waals surface area contributed by atoms with Crippen molar-refractivity contribution in [2.75, 3.05) is 0 Å². The van der Waals surface area contributed by atoms with E-state index in [0.717, 1.165) is 18.8 Å². The highest BCUT2D eigenvalue weighted by Gasteiger charge is 2.49. The minimum Gasteiger partial charge on any atom is -0.344 e. The maximum absolute atomic E-state index is 6.19. The highest BCUT2D eigenvalue weighted by molar-refractivity contribution is 4.92. The molecule has 0 aromatic carbocycles. The van der Waals surface area contributed by atoms with Crippen molar-refractivity contribution in [2.45, 2.75) is 71.4 Å². The van der Waals surface area contributed by atoms with Gasteiger partial charge in [-0.1, -0.05) is 27.7 Å². The first-order valence-electron chi connectivity index (χ1n) is 6.46. The molecule has 0 radical (unpaired) electrons. The Morgan fingerprint density at radius 3 is 2.33 bits per heavy atom. The van der Waals surface area contributed by atoms with E-state index in [1.807, 2.05) is 0 Å². The van der Waals surface area contributed by atoms with Gasteiger partial charge in [-0.25, -0.2) is 0 Å². The Hall–Kier alpha value is -0.0800. The van der Waals surface area contributed by atoms with Crippen molar-refractivity contribution in [2.24, 2.45) is 11.8 Å². The monoisotopic (exact) mass is 212 g/mol. The van der Waals surface area contributed by atoms with Crippen molar-refractivity contribution in [1.29, 1.82) is 0 Å². The topological polar surface area (TPSA) is 18.5 Å². The Balaban J connectivity index is 2.11. The van der Waals surface area contributed by atoms with Crippen LogP contribution in [0.15, 0.2) is 0 Å². The summed E-state index contributed by atoms with van der Waals surface area (Å²) >= 11 is 0. The van der Waals surface area contributed by atoms with Crippen LogP contribution in [0.5, 0.6) is 0 Å². The van der Waals surface area contributed by atoms with Gasteiger partial charge in [0.1, 0.15) is 0 Å². The smallest absolute Gasteiger partial charge is 0.168 e. The van der Waals surface area contributed by atoms with Crippen molar-refractivity contribution >= 4 is 0 Å². The molecule has 0 aromatic heterocycles.